The first-order valence-electron chi connectivity index (χ1n) is 23.8. The Bertz CT molecular complexity index is 1050. The molecule has 0 aliphatic rings. The van der Waals surface area contributed by atoms with Gasteiger partial charge >= 0.3 is 17.9 Å². The summed E-state index contributed by atoms with van der Waals surface area (Å²) in [6.07, 6.45) is 54.9. The van der Waals surface area contributed by atoms with E-state index in [1.165, 1.54) is 96.3 Å². The molecule has 0 radical (unpaired) electrons. The second-order valence-corrected chi connectivity index (χ2v) is 15.6. The topological polar surface area (TPSA) is 78.9 Å². The Balaban J connectivity index is 4.39. The predicted octanol–water partition coefficient (Wildman–Crippen LogP) is 15.3. The quantitative estimate of drug-likeness (QED) is 0.0265. The minimum absolute atomic E-state index is 0.0912. The lowest BCUT2D eigenvalue weighted by atomic mass is 10.1. The zero-order valence-electron chi connectivity index (χ0n) is 37.3. The molecule has 1 atom stereocenters. The molecule has 0 saturated heterocycles. The maximum absolute atomic E-state index is 12.7. The summed E-state index contributed by atoms with van der Waals surface area (Å²) >= 11 is 0. The van der Waals surface area contributed by atoms with Crippen LogP contribution in [0.15, 0.2) is 60.8 Å². The fraction of sp³-hybridized carbons (Fsp3) is 0.745. The Labute approximate surface area is 351 Å². The van der Waals surface area contributed by atoms with E-state index in [1.807, 2.05) is 0 Å². The van der Waals surface area contributed by atoms with Crippen LogP contribution in [0, 0.1) is 0 Å². The van der Waals surface area contributed by atoms with Crippen LogP contribution in [-0.4, -0.2) is 37.2 Å². The van der Waals surface area contributed by atoms with Crippen molar-refractivity contribution in [1.29, 1.82) is 0 Å². The van der Waals surface area contributed by atoms with Crippen LogP contribution in [0.2, 0.25) is 0 Å². The molecule has 328 valence electrons. The number of ether oxygens (including phenoxy) is 3. The van der Waals surface area contributed by atoms with Gasteiger partial charge in [-0.3, -0.25) is 14.4 Å². The van der Waals surface area contributed by atoms with Crippen LogP contribution in [0.1, 0.15) is 226 Å². The zero-order chi connectivity index (χ0) is 41.5. The predicted molar refractivity (Wildman–Crippen MR) is 242 cm³/mol. The van der Waals surface area contributed by atoms with Crippen molar-refractivity contribution in [3.8, 4) is 0 Å². The second kappa shape index (κ2) is 45.8. The lowest BCUT2D eigenvalue weighted by molar-refractivity contribution is -0.167. The molecule has 0 bridgehead atoms. The standard InChI is InChI=1S/C51H88O6/c1-4-7-10-13-16-19-22-24-25-26-27-28-30-32-35-38-41-44-50(53)56-47-48(46-55-49(52)43-40-37-34-31-21-18-15-12-9-6-3)57-51(54)45-42-39-36-33-29-23-20-17-14-11-8-5-2/h8,11,16-17,19-20,24-25,29,33,48H,4-7,9-10,12-15,18,21-23,26-28,30-32,34-47H2,1-3H3/b11-8-,19-16-,20-17-,25-24-,33-29-. The van der Waals surface area contributed by atoms with Gasteiger partial charge in [-0.05, 0) is 83.5 Å². The highest BCUT2D eigenvalue weighted by molar-refractivity contribution is 5.71. The summed E-state index contributed by atoms with van der Waals surface area (Å²) in [6, 6.07) is 0. The molecule has 6 nitrogen and oxygen atoms in total. The number of hydrogen-bond donors (Lipinski definition) is 0. The third kappa shape index (κ3) is 44.1. The first-order chi connectivity index (χ1) is 28.0. The molecule has 0 aromatic heterocycles. The van der Waals surface area contributed by atoms with E-state index in [2.05, 4.69) is 81.5 Å². The average molecular weight is 797 g/mol. The smallest absolute Gasteiger partial charge is 0.306 e. The molecule has 0 aromatic carbocycles. The van der Waals surface area contributed by atoms with Gasteiger partial charge in [0.2, 0.25) is 0 Å². The minimum Gasteiger partial charge on any atom is -0.462 e. The maximum atomic E-state index is 12.7. The van der Waals surface area contributed by atoms with Gasteiger partial charge in [0.15, 0.2) is 6.10 Å². The van der Waals surface area contributed by atoms with Crippen LogP contribution in [0.25, 0.3) is 0 Å². The van der Waals surface area contributed by atoms with E-state index in [-0.39, 0.29) is 37.5 Å². The van der Waals surface area contributed by atoms with Crippen LogP contribution < -0.4 is 0 Å². The van der Waals surface area contributed by atoms with E-state index in [0.717, 1.165) is 83.5 Å². The van der Waals surface area contributed by atoms with Gasteiger partial charge < -0.3 is 14.2 Å². The number of allylic oxidation sites excluding steroid dienone is 10. The van der Waals surface area contributed by atoms with Crippen molar-refractivity contribution in [3.05, 3.63) is 60.8 Å². The Morgan fingerprint density at radius 3 is 1.14 bits per heavy atom. The first kappa shape index (κ1) is 54.1. The number of rotatable bonds is 42. The summed E-state index contributed by atoms with van der Waals surface area (Å²) in [6.45, 7) is 6.43. The van der Waals surface area contributed by atoms with Crippen LogP contribution in [0.3, 0.4) is 0 Å². The third-order valence-electron chi connectivity index (χ3n) is 10.0. The highest BCUT2D eigenvalue weighted by atomic mass is 16.6. The largest absolute Gasteiger partial charge is 0.462 e. The molecule has 0 rings (SSSR count). The summed E-state index contributed by atoms with van der Waals surface area (Å²) in [5, 5.41) is 0. The molecule has 0 aromatic rings. The lowest BCUT2D eigenvalue weighted by Gasteiger charge is -2.18. The first-order valence-corrected chi connectivity index (χ1v) is 23.8. The van der Waals surface area contributed by atoms with Crippen molar-refractivity contribution >= 4 is 17.9 Å². The maximum Gasteiger partial charge on any atom is 0.306 e. The normalized spacial score (nSPS) is 12.5. The lowest BCUT2D eigenvalue weighted by Crippen LogP contribution is -2.30. The van der Waals surface area contributed by atoms with Gasteiger partial charge in [0.25, 0.3) is 0 Å². The number of esters is 3. The van der Waals surface area contributed by atoms with E-state index in [0.29, 0.717) is 19.3 Å². The van der Waals surface area contributed by atoms with Gasteiger partial charge in [-0.25, -0.2) is 0 Å². The Hall–Kier alpha value is -2.89. The van der Waals surface area contributed by atoms with Gasteiger partial charge in [-0.15, -0.1) is 0 Å². The van der Waals surface area contributed by atoms with Gasteiger partial charge in [-0.1, -0.05) is 184 Å². The molecule has 57 heavy (non-hydrogen) atoms. The summed E-state index contributed by atoms with van der Waals surface area (Å²) in [4.78, 5) is 37.7. The van der Waals surface area contributed by atoms with Crippen molar-refractivity contribution in [2.45, 2.75) is 232 Å². The van der Waals surface area contributed by atoms with Crippen LogP contribution in [0.5, 0.6) is 0 Å². The van der Waals surface area contributed by atoms with Gasteiger partial charge in [0, 0.05) is 19.3 Å². The van der Waals surface area contributed by atoms with Gasteiger partial charge in [-0.2, -0.15) is 0 Å². The second-order valence-electron chi connectivity index (χ2n) is 15.6. The Morgan fingerprint density at radius 2 is 0.684 bits per heavy atom. The van der Waals surface area contributed by atoms with Crippen molar-refractivity contribution in [1.82, 2.24) is 0 Å². The molecule has 0 aliphatic carbocycles. The summed E-state index contributed by atoms with van der Waals surface area (Å²) < 4.78 is 16.7. The molecule has 0 heterocycles. The number of carbonyl (C=O) groups is 3. The third-order valence-corrected chi connectivity index (χ3v) is 10.0. The molecule has 0 aliphatic heterocycles. The molecule has 0 amide bonds. The average Bonchev–Trinajstić information content (AvgIpc) is 3.21. The van der Waals surface area contributed by atoms with Crippen molar-refractivity contribution in [2.75, 3.05) is 13.2 Å². The number of unbranched alkanes of at least 4 members (excludes halogenated alkanes) is 21. The fourth-order valence-corrected chi connectivity index (χ4v) is 6.43. The molecular weight excluding hydrogens is 709 g/mol. The van der Waals surface area contributed by atoms with Gasteiger partial charge in [0.05, 0.1) is 0 Å². The van der Waals surface area contributed by atoms with E-state index >= 15 is 0 Å². The molecule has 0 saturated carbocycles. The Kier molecular flexibility index (Phi) is 43.5. The molecule has 1 unspecified atom stereocenters. The van der Waals surface area contributed by atoms with Crippen LogP contribution >= 0.6 is 0 Å². The molecule has 6 heteroatoms. The molecule has 0 fully saturated rings. The van der Waals surface area contributed by atoms with E-state index < -0.39 is 6.10 Å². The van der Waals surface area contributed by atoms with Crippen molar-refractivity contribution in [2.24, 2.45) is 0 Å². The van der Waals surface area contributed by atoms with Crippen molar-refractivity contribution in [3.63, 3.8) is 0 Å². The van der Waals surface area contributed by atoms with Crippen LogP contribution in [0.4, 0.5) is 0 Å². The molecular formula is C51H88O6. The molecule has 0 spiro atoms. The minimum atomic E-state index is -0.793. The number of hydrogen-bond acceptors (Lipinski definition) is 6. The van der Waals surface area contributed by atoms with E-state index in [1.54, 1.807) is 0 Å². The monoisotopic (exact) mass is 797 g/mol. The number of carbonyl (C=O) groups excluding carboxylic acids is 3. The van der Waals surface area contributed by atoms with Gasteiger partial charge in [0.1, 0.15) is 13.2 Å². The summed E-state index contributed by atoms with van der Waals surface area (Å²) in [7, 11) is 0. The Morgan fingerprint density at radius 1 is 0.368 bits per heavy atom. The summed E-state index contributed by atoms with van der Waals surface area (Å²) in [5.74, 6) is -0.942. The zero-order valence-corrected chi connectivity index (χ0v) is 37.3. The highest BCUT2D eigenvalue weighted by Crippen LogP contribution is 2.14. The fourth-order valence-electron chi connectivity index (χ4n) is 6.43. The highest BCUT2D eigenvalue weighted by Gasteiger charge is 2.19. The SMILES string of the molecule is CC/C=C\C/C=C\C/C=C\CCCCC(=O)OC(COC(=O)CCCCCCCCC/C=C\C/C=C\CCCCC)COC(=O)CCCCCCCCCCCC. The van der Waals surface area contributed by atoms with Crippen LogP contribution in [-0.2, 0) is 28.6 Å². The van der Waals surface area contributed by atoms with E-state index in [4.69, 9.17) is 14.2 Å². The van der Waals surface area contributed by atoms with E-state index in [9.17, 15) is 14.4 Å². The summed E-state index contributed by atoms with van der Waals surface area (Å²) in [5.41, 5.74) is 0. The molecule has 0 N–H and O–H groups in total. The van der Waals surface area contributed by atoms with Crippen molar-refractivity contribution < 1.29 is 28.6 Å².